The number of anilines is 1. The Morgan fingerprint density at radius 3 is 2.92 bits per heavy atom. The molecule has 1 aliphatic rings. The van der Waals surface area contributed by atoms with Crippen LogP contribution >= 0.6 is 23.1 Å². The zero-order valence-electron chi connectivity index (χ0n) is 13.8. The largest absolute Gasteiger partial charge is 0.323 e. The molecule has 134 valence electrons. The lowest BCUT2D eigenvalue weighted by atomic mass is 10.2. The maximum Gasteiger partial charge on any atom is 0.323 e. The standard InChI is InChI=1S/C16H19ClFN5OS/c1-11-19-15(25-21-11)20-16(24)23-6-2-5-22(7-8-23)10-12-3-4-13(17)9-14(12)18/h3-4,9H,2,5-8,10H2,1H3,(H,19,20,21,24). The van der Waals surface area contributed by atoms with Gasteiger partial charge in [-0.3, -0.25) is 10.2 Å². The molecule has 1 aromatic carbocycles. The highest BCUT2D eigenvalue weighted by atomic mass is 35.5. The minimum atomic E-state index is -0.294. The first-order valence-corrected chi connectivity index (χ1v) is 9.19. The lowest BCUT2D eigenvalue weighted by Gasteiger charge is -2.22. The van der Waals surface area contributed by atoms with Crippen molar-refractivity contribution >= 4 is 34.3 Å². The van der Waals surface area contributed by atoms with Gasteiger partial charge in [0.1, 0.15) is 11.6 Å². The number of halogens is 2. The van der Waals surface area contributed by atoms with E-state index in [0.717, 1.165) is 13.0 Å². The average molecular weight is 384 g/mol. The van der Waals surface area contributed by atoms with Crippen molar-refractivity contribution in [2.24, 2.45) is 0 Å². The maximum absolute atomic E-state index is 14.0. The summed E-state index contributed by atoms with van der Waals surface area (Å²) >= 11 is 6.96. The molecule has 25 heavy (non-hydrogen) atoms. The molecule has 0 radical (unpaired) electrons. The summed E-state index contributed by atoms with van der Waals surface area (Å²) in [6, 6.07) is 4.57. The predicted molar refractivity (Wildman–Crippen MR) is 96.5 cm³/mol. The van der Waals surface area contributed by atoms with Crippen molar-refractivity contribution in [2.75, 3.05) is 31.5 Å². The number of hydrogen-bond donors (Lipinski definition) is 1. The van der Waals surface area contributed by atoms with Gasteiger partial charge in [0.15, 0.2) is 0 Å². The Labute approximate surface area is 154 Å². The molecule has 1 saturated heterocycles. The summed E-state index contributed by atoms with van der Waals surface area (Å²) in [7, 11) is 0. The number of nitrogens with zero attached hydrogens (tertiary/aromatic N) is 4. The van der Waals surface area contributed by atoms with Crippen molar-refractivity contribution < 1.29 is 9.18 Å². The Morgan fingerprint density at radius 1 is 1.36 bits per heavy atom. The highest BCUT2D eigenvalue weighted by molar-refractivity contribution is 7.09. The number of hydrogen-bond acceptors (Lipinski definition) is 5. The molecule has 2 aromatic rings. The normalized spacial score (nSPS) is 15.9. The molecule has 0 saturated carbocycles. The first-order chi connectivity index (χ1) is 12.0. The highest BCUT2D eigenvalue weighted by Gasteiger charge is 2.20. The van der Waals surface area contributed by atoms with Crippen LogP contribution in [0.1, 0.15) is 17.8 Å². The summed E-state index contributed by atoms with van der Waals surface area (Å²) in [5, 5.41) is 3.68. The Hall–Kier alpha value is -1.77. The molecule has 0 aliphatic carbocycles. The van der Waals surface area contributed by atoms with Gasteiger partial charge in [-0.15, -0.1) is 0 Å². The van der Waals surface area contributed by atoms with E-state index in [1.54, 1.807) is 24.0 Å². The Morgan fingerprint density at radius 2 is 2.20 bits per heavy atom. The third-order valence-corrected chi connectivity index (χ3v) is 4.98. The minimum Gasteiger partial charge on any atom is -0.323 e. The van der Waals surface area contributed by atoms with Crippen LogP contribution in [0.25, 0.3) is 0 Å². The van der Waals surface area contributed by atoms with Gasteiger partial charge in [0, 0.05) is 54.8 Å². The third kappa shape index (κ3) is 4.87. The van der Waals surface area contributed by atoms with Crippen LogP contribution in [0.5, 0.6) is 0 Å². The Kier molecular flexibility index (Phi) is 5.82. The van der Waals surface area contributed by atoms with Crippen molar-refractivity contribution in [3.05, 3.63) is 40.4 Å². The van der Waals surface area contributed by atoms with Crippen LogP contribution in [-0.4, -0.2) is 51.4 Å². The topological polar surface area (TPSA) is 61.4 Å². The van der Waals surface area contributed by atoms with Crippen LogP contribution in [0.2, 0.25) is 5.02 Å². The van der Waals surface area contributed by atoms with E-state index in [1.165, 1.54) is 17.6 Å². The van der Waals surface area contributed by atoms with Crippen LogP contribution in [0.4, 0.5) is 14.3 Å². The number of urea groups is 1. The van der Waals surface area contributed by atoms with Crippen molar-refractivity contribution in [1.29, 1.82) is 0 Å². The zero-order chi connectivity index (χ0) is 17.8. The molecule has 1 aliphatic heterocycles. The highest BCUT2D eigenvalue weighted by Crippen LogP contribution is 2.18. The fraction of sp³-hybridized carbons (Fsp3) is 0.438. The van der Waals surface area contributed by atoms with E-state index in [-0.39, 0.29) is 11.8 Å². The molecular weight excluding hydrogens is 365 g/mol. The van der Waals surface area contributed by atoms with Gasteiger partial charge in [0.05, 0.1) is 0 Å². The molecular formula is C16H19ClFN5OS. The molecule has 2 heterocycles. The second-order valence-corrected chi connectivity index (χ2v) is 7.12. The van der Waals surface area contributed by atoms with E-state index in [0.29, 0.717) is 47.7 Å². The lowest BCUT2D eigenvalue weighted by Crippen LogP contribution is -2.38. The smallest absolute Gasteiger partial charge is 0.323 e. The van der Waals surface area contributed by atoms with Gasteiger partial charge in [0.25, 0.3) is 0 Å². The monoisotopic (exact) mass is 383 g/mol. The number of nitrogens with one attached hydrogen (secondary N) is 1. The van der Waals surface area contributed by atoms with Crippen LogP contribution in [-0.2, 0) is 6.54 Å². The number of aryl methyl sites for hydroxylation is 1. The molecule has 0 atom stereocenters. The van der Waals surface area contributed by atoms with Gasteiger partial charge in [0.2, 0.25) is 5.13 Å². The van der Waals surface area contributed by atoms with E-state index in [2.05, 4.69) is 19.6 Å². The summed E-state index contributed by atoms with van der Waals surface area (Å²) in [5.74, 6) is 0.352. The average Bonchev–Trinajstić information content (AvgIpc) is 2.83. The number of amides is 2. The van der Waals surface area contributed by atoms with E-state index in [1.807, 2.05) is 0 Å². The number of carbonyl (C=O) groups excluding carboxylic acids is 1. The molecule has 3 rings (SSSR count). The van der Waals surface area contributed by atoms with Gasteiger partial charge >= 0.3 is 6.03 Å². The first kappa shape index (κ1) is 18.0. The fourth-order valence-corrected chi connectivity index (χ4v) is 3.47. The Bertz CT molecular complexity index is 756. The molecule has 9 heteroatoms. The molecule has 1 fully saturated rings. The second kappa shape index (κ2) is 8.07. The summed E-state index contributed by atoms with van der Waals surface area (Å²) in [5.41, 5.74) is 0.617. The predicted octanol–water partition coefficient (Wildman–Crippen LogP) is 3.38. The van der Waals surface area contributed by atoms with E-state index < -0.39 is 0 Å². The molecule has 0 bridgehead atoms. The lowest BCUT2D eigenvalue weighted by molar-refractivity contribution is 0.210. The van der Waals surface area contributed by atoms with Crippen molar-refractivity contribution in [3.8, 4) is 0 Å². The van der Waals surface area contributed by atoms with Crippen molar-refractivity contribution in [1.82, 2.24) is 19.2 Å². The molecule has 0 unspecified atom stereocenters. The summed E-state index contributed by atoms with van der Waals surface area (Å²) in [6.45, 7) is 5.02. The number of benzene rings is 1. The van der Waals surface area contributed by atoms with Crippen LogP contribution < -0.4 is 5.32 Å². The summed E-state index contributed by atoms with van der Waals surface area (Å²) in [6.07, 6.45) is 0.831. The van der Waals surface area contributed by atoms with Gasteiger partial charge in [-0.25, -0.2) is 14.2 Å². The molecule has 0 spiro atoms. The first-order valence-electron chi connectivity index (χ1n) is 8.04. The Balaban J connectivity index is 1.55. The van der Waals surface area contributed by atoms with E-state index in [9.17, 15) is 9.18 Å². The molecule has 2 amide bonds. The second-order valence-electron chi connectivity index (χ2n) is 5.93. The van der Waals surface area contributed by atoms with Crippen LogP contribution in [0.3, 0.4) is 0 Å². The summed E-state index contributed by atoms with van der Waals surface area (Å²) in [4.78, 5) is 20.4. The van der Waals surface area contributed by atoms with Crippen LogP contribution in [0, 0.1) is 12.7 Å². The number of aromatic nitrogens is 2. The fourth-order valence-electron chi connectivity index (χ4n) is 2.74. The van der Waals surface area contributed by atoms with E-state index in [4.69, 9.17) is 11.6 Å². The SMILES string of the molecule is Cc1nsc(NC(=O)N2CCCN(Cc3ccc(Cl)cc3F)CC2)n1. The molecule has 1 N–H and O–H groups in total. The van der Waals surface area contributed by atoms with Gasteiger partial charge in [-0.1, -0.05) is 17.7 Å². The maximum atomic E-state index is 14.0. The third-order valence-electron chi connectivity index (χ3n) is 4.03. The van der Waals surface area contributed by atoms with Crippen LogP contribution in [0.15, 0.2) is 18.2 Å². The molecule has 1 aromatic heterocycles. The van der Waals surface area contributed by atoms with Crippen molar-refractivity contribution in [3.63, 3.8) is 0 Å². The summed E-state index contributed by atoms with van der Waals surface area (Å²) < 4.78 is 18.0. The van der Waals surface area contributed by atoms with Gasteiger partial charge < -0.3 is 4.90 Å². The number of rotatable bonds is 3. The number of carbonyl (C=O) groups is 1. The van der Waals surface area contributed by atoms with E-state index >= 15 is 0 Å². The zero-order valence-corrected chi connectivity index (χ0v) is 15.4. The molecule has 6 nitrogen and oxygen atoms in total. The van der Waals surface area contributed by atoms with Gasteiger partial charge in [-0.2, -0.15) is 4.37 Å². The minimum absolute atomic E-state index is 0.171. The van der Waals surface area contributed by atoms with Gasteiger partial charge in [-0.05, 0) is 25.5 Å². The quantitative estimate of drug-likeness (QED) is 0.882. The van der Waals surface area contributed by atoms with Crippen molar-refractivity contribution in [2.45, 2.75) is 19.9 Å².